The third-order valence-electron chi connectivity index (χ3n) is 2.04. The predicted molar refractivity (Wildman–Crippen MR) is 63.0 cm³/mol. The van der Waals surface area contributed by atoms with Crippen LogP contribution in [-0.2, 0) is 4.79 Å². The molecule has 0 fully saturated rings. The average Bonchev–Trinajstić information content (AvgIpc) is 2.61. The average molecular weight is 242 g/mol. The summed E-state index contributed by atoms with van der Waals surface area (Å²) < 4.78 is 0. The van der Waals surface area contributed by atoms with E-state index in [0.717, 1.165) is 16.3 Å². The highest BCUT2D eigenvalue weighted by Crippen LogP contribution is 2.27. The first-order chi connectivity index (χ1) is 7.41. The van der Waals surface area contributed by atoms with Crippen molar-refractivity contribution >= 4 is 28.2 Å². The number of carbonyl (C=O) groups is 2. The molecule has 3 N–H and O–H groups in total. The highest BCUT2D eigenvalue weighted by molar-refractivity contribution is 7.17. The molecule has 1 rings (SSSR count). The molecule has 0 aliphatic rings. The molecule has 0 aromatic carbocycles. The van der Waals surface area contributed by atoms with Crippen molar-refractivity contribution in [3.8, 4) is 0 Å². The number of nitrogens with zero attached hydrogens (tertiary/aromatic N) is 1. The van der Waals surface area contributed by atoms with Crippen molar-refractivity contribution in [2.45, 2.75) is 19.9 Å². The molecule has 0 atom stereocenters. The molecular formula is C10H14N2O3S. The van der Waals surface area contributed by atoms with Gasteiger partial charge in [-0.05, 0) is 26.0 Å². The topological polar surface area (TPSA) is 83.6 Å². The molecule has 1 heterocycles. The molecule has 0 bridgehead atoms. The van der Waals surface area contributed by atoms with E-state index in [1.807, 2.05) is 13.8 Å². The van der Waals surface area contributed by atoms with Crippen molar-refractivity contribution in [2.75, 3.05) is 11.4 Å². The molecule has 0 saturated heterocycles. The van der Waals surface area contributed by atoms with E-state index in [2.05, 4.69) is 0 Å². The third kappa shape index (κ3) is 2.96. The summed E-state index contributed by atoms with van der Waals surface area (Å²) in [6.45, 7) is 3.93. The van der Waals surface area contributed by atoms with Crippen LogP contribution in [0, 0.1) is 0 Å². The normalized spacial score (nSPS) is 10.4. The van der Waals surface area contributed by atoms with Gasteiger partial charge in [-0.2, -0.15) is 0 Å². The van der Waals surface area contributed by atoms with E-state index in [1.54, 1.807) is 11.0 Å². The fourth-order valence-electron chi connectivity index (χ4n) is 1.28. The smallest absolute Gasteiger partial charge is 0.345 e. The van der Waals surface area contributed by atoms with Gasteiger partial charge >= 0.3 is 5.97 Å². The number of hydrogen-bond donors (Lipinski definition) is 2. The highest BCUT2D eigenvalue weighted by Gasteiger charge is 2.16. The van der Waals surface area contributed by atoms with E-state index in [0.29, 0.717) is 0 Å². The maximum atomic E-state index is 10.9. The summed E-state index contributed by atoms with van der Waals surface area (Å²) in [7, 11) is 0. The quantitative estimate of drug-likeness (QED) is 0.811. The van der Waals surface area contributed by atoms with Gasteiger partial charge < -0.3 is 15.7 Å². The summed E-state index contributed by atoms with van der Waals surface area (Å²) >= 11 is 1.14. The number of thiophene rings is 1. The zero-order chi connectivity index (χ0) is 12.3. The zero-order valence-corrected chi connectivity index (χ0v) is 9.95. The summed E-state index contributed by atoms with van der Waals surface area (Å²) in [6.07, 6.45) is 0. The Morgan fingerprint density at radius 1 is 1.50 bits per heavy atom. The number of rotatable bonds is 5. The van der Waals surface area contributed by atoms with E-state index in [-0.39, 0.29) is 17.5 Å². The Bertz CT molecular complexity index is 401. The Morgan fingerprint density at radius 3 is 2.50 bits per heavy atom. The first-order valence-corrected chi connectivity index (χ1v) is 5.61. The maximum absolute atomic E-state index is 10.9. The van der Waals surface area contributed by atoms with Crippen LogP contribution in [0.1, 0.15) is 23.5 Å². The number of carboxylic acid groups (broad SMARTS) is 1. The number of nitrogens with two attached hydrogens (primary N) is 1. The summed E-state index contributed by atoms with van der Waals surface area (Å²) in [5, 5.41) is 9.54. The summed E-state index contributed by atoms with van der Waals surface area (Å²) in [6, 6.07) is 3.31. The van der Waals surface area contributed by atoms with Gasteiger partial charge in [0.2, 0.25) is 5.91 Å². The SMILES string of the molecule is CC(C)N(CC(N)=O)c1ccc(C(=O)O)s1. The molecule has 5 nitrogen and oxygen atoms in total. The minimum atomic E-state index is -0.959. The summed E-state index contributed by atoms with van der Waals surface area (Å²) in [5.41, 5.74) is 5.14. The number of aromatic carboxylic acids is 1. The molecule has 1 aromatic rings. The van der Waals surface area contributed by atoms with Crippen LogP contribution in [0.5, 0.6) is 0 Å². The van der Waals surface area contributed by atoms with Gasteiger partial charge in [-0.15, -0.1) is 11.3 Å². The Kier molecular flexibility index (Phi) is 3.89. The van der Waals surface area contributed by atoms with E-state index < -0.39 is 11.9 Å². The van der Waals surface area contributed by atoms with Crippen LogP contribution in [0.2, 0.25) is 0 Å². The van der Waals surface area contributed by atoms with Gasteiger partial charge in [0.05, 0.1) is 11.5 Å². The van der Waals surface area contributed by atoms with Gasteiger partial charge in [0.1, 0.15) is 4.88 Å². The van der Waals surface area contributed by atoms with Crippen LogP contribution < -0.4 is 10.6 Å². The molecule has 1 aromatic heterocycles. The van der Waals surface area contributed by atoms with Crippen LogP contribution >= 0.6 is 11.3 Å². The molecule has 0 aliphatic carbocycles. The van der Waals surface area contributed by atoms with Gasteiger partial charge in [-0.1, -0.05) is 0 Å². The van der Waals surface area contributed by atoms with Crippen LogP contribution in [0.15, 0.2) is 12.1 Å². The minimum absolute atomic E-state index is 0.0906. The van der Waals surface area contributed by atoms with E-state index in [1.165, 1.54) is 6.07 Å². The standard InChI is InChI=1S/C10H14N2O3S/c1-6(2)12(5-8(11)13)9-4-3-7(16-9)10(14)15/h3-4,6H,5H2,1-2H3,(H2,11,13)(H,14,15). The van der Waals surface area contributed by atoms with E-state index >= 15 is 0 Å². The lowest BCUT2D eigenvalue weighted by molar-refractivity contribution is -0.116. The van der Waals surface area contributed by atoms with Gasteiger partial charge in [0.25, 0.3) is 0 Å². The number of amides is 1. The lowest BCUT2D eigenvalue weighted by Gasteiger charge is -2.25. The largest absolute Gasteiger partial charge is 0.477 e. The Labute approximate surface area is 97.5 Å². The molecule has 0 spiro atoms. The molecule has 16 heavy (non-hydrogen) atoms. The molecule has 6 heteroatoms. The Morgan fingerprint density at radius 2 is 2.12 bits per heavy atom. The molecule has 0 radical (unpaired) electrons. The van der Waals surface area contributed by atoms with Gasteiger partial charge in [0, 0.05) is 6.04 Å². The second kappa shape index (κ2) is 4.98. The van der Waals surface area contributed by atoms with E-state index in [9.17, 15) is 9.59 Å². The Balaban J connectivity index is 2.92. The van der Waals surface area contributed by atoms with Crippen molar-refractivity contribution in [3.63, 3.8) is 0 Å². The van der Waals surface area contributed by atoms with Crippen molar-refractivity contribution in [3.05, 3.63) is 17.0 Å². The van der Waals surface area contributed by atoms with Gasteiger partial charge in [0.15, 0.2) is 0 Å². The monoisotopic (exact) mass is 242 g/mol. The lowest BCUT2D eigenvalue weighted by atomic mass is 10.3. The Hall–Kier alpha value is -1.56. The van der Waals surface area contributed by atoms with Gasteiger partial charge in [-0.3, -0.25) is 4.79 Å². The van der Waals surface area contributed by atoms with Crippen LogP contribution in [0.25, 0.3) is 0 Å². The zero-order valence-electron chi connectivity index (χ0n) is 9.14. The number of carbonyl (C=O) groups excluding carboxylic acids is 1. The summed E-state index contributed by atoms with van der Waals surface area (Å²) in [4.78, 5) is 23.7. The number of primary amides is 1. The van der Waals surface area contributed by atoms with Crippen molar-refractivity contribution < 1.29 is 14.7 Å². The van der Waals surface area contributed by atoms with Crippen LogP contribution in [0.4, 0.5) is 5.00 Å². The van der Waals surface area contributed by atoms with E-state index in [4.69, 9.17) is 10.8 Å². The predicted octanol–water partition coefficient (Wildman–Crippen LogP) is 1.15. The molecule has 0 aliphatic heterocycles. The highest BCUT2D eigenvalue weighted by atomic mass is 32.1. The number of carboxylic acids is 1. The lowest BCUT2D eigenvalue weighted by Crippen LogP contribution is -2.38. The van der Waals surface area contributed by atoms with Crippen molar-refractivity contribution in [2.24, 2.45) is 5.73 Å². The second-order valence-electron chi connectivity index (χ2n) is 3.63. The third-order valence-corrected chi connectivity index (χ3v) is 3.15. The van der Waals surface area contributed by atoms with Crippen molar-refractivity contribution in [1.82, 2.24) is 0 Å². The van der Waals surface area contributed by atoms with Gasteiger partial charge in [-0.25, -0.2) is 4.79 Å². The fourth-order valence-corrected chi connectivity index (χ4v) is 2.26. The number of anilines is 1. The number of hydrogen-bond acceptors (Lipinski definition) is 4. The van der Waals surface area contributed by atoms with Crippen LogP contribution in [0.3, 0.4) is 0 Å². The maximum Gasteiger partial charge on any atom is 0.345 e. The minimum Gasteiger partial charge on any atom is -0.477 e. The molecule has 1 amide bonds. The first-order valence-electron chi connectivity index (χ1n) is 4.80. The molecule has 88 valence electrons. The van der Waals surface area contributed by atoms with Crippen LogP contribution in [-0.4, -0.2) is 29.6 Å². The first kappa shape index (κ1) is 12.5. The molecule has 0 unspecified atom stereocenters. The molecular weight excluding hydrogens is 228 g/mol. The van der Waals surface area contributed by atoms with Crippen molar-refractivity contribution in [1.29, 1.82) is 0 Å². The second-order valence-corrected chi connectivity index (χ2v) is 4.69. The fraction of sp³-hybridized carbons (Fsp3) is 0.400. The molecule has 0 saturated carbocycles. The summed E-state index contributed by atoms with van der Waals surface area (Å²) in [5.74, 6) is -1.39.